The lowest BCUT2D eigenvalue weighted by Gasteiger charge is -2.08. The van der Waals surface area contributed by atoms with Gasteiger partial charge in [0.2, 0.25) is 0 Å². The highest BCUT2D eigenvalue weighted by molar-refractivity contribution is 9.10. The standard InChI is InChI=1S/C11H10BrClN2S/c12-8-2-1-7(13)5-10(8)15-6-11-9(14)3-4-16-11/h1-5,15H,6,14H2. The maximum atomic E-state index is 5.93. The molecule has 1 aromatic carbocycles. The van der Waals surface area contributed by atoms with Gasteiger partial charge in [0.25, 0.3) is 0 Å². The Hall–Kier alpha value is -0.710. The average molecular weight is 318 g/mol. The molecule has 2 rings (SSSR count). The summed E-state index contributed by atoms with van der Waals surface area (Å²) >= 11 is 11.0. The van der Waals surface area contributed by atoms with Gasteiger partial charge in [-0.3, -0.25) is 0 Å². The van der Waals surface area contributed by atoms with Crippen LogP contribution in [0.2, 0.25) is 5.02 Å². The normalized spacial score (nSPS) is 10.4. The van der Waals surface area contributed by atoms with Gasteiger partial charge in [-0.1, -0.05) is 11.6 Å². The van der Waals surface area contributed by atoms with E-state index in [1.807, 2.05) is 29.6 Å². The summed E-state index contributed by atoms with van der Waals surface area (Å²) in [5.74, 6) is 0. The van der Waals surface area contributed by atoms with Gasteiger partial charge in [-0.25, -0.2) is 0 Å². The fraction of sp³-hybridized carbons (Fsp3) is 0.0909. The number of anilines is 2. The average Bonchev–Trinajstić information content (AvgIpc) is 2.66. The zero-order chi connectivity index (χ0) is 11.5. The molecular weight excluding hydrogens is 308 g/mol. The van der Waals surface area contributed by atoms with E-state index >= 15 is 0 Å². The van der Waals surface area contributed by atoms with Crippen LogP contribution in [0, 0.1) is 0 Å². The van der Waals surface area contributed by atoms with Crippen molar-refractivity contribution in [3.8, 4) is 0 Å². The number of nitrogens with one attached hydrogen (secondary N) is 1. The van der Waals surface area contributed by atoms with Crippen molar-refractivity contribution in [1.29, 1.82) is 0 Å². The Labute approximate surface area is 112 Å². The maximum absolute atomic E-state index is 5.93. The van der Waals surface area contributed by atoms with Crippen molar-refractivity contribution in [3.63, 3.8) is 0 Å². The van der Waals surface area contributed by atoms with E-state index < -0.39 is 0 Å². The summed E-state index contributed by atoms with van der Waals surface area (Å²) in [6.07, 6.45) is 0. The molecule has 0 fully saturated rings. The van der Waals surface area contributed by atoms with E-state index in [9.17, 15) is 0 Å². The Bertz CT molecular complexity index is 498. The first-order chi connectivity index (χ1) is 7.66. The Morgan fingerprint density at radius 3 is 2.88 bits per heavy atom. The molecule has 5 heteroatoms. The second kappa shape index (κ2) is 5.08. The quantitative estimate of drug-likeness (QED) is 0.883. The largest absolute Gasteiger partial charge is 0.398 e. The van der Waals surface area contributed by atoms with E-state index in [0.29, 0.717) is 11.6 Å². The summed E-state index contributed by atoms with van der Waals surface area (Å²) in [6.45, 7) is 0.711. The highest BCUT2D eigenvalue weighted by Gasteiger charge is 2.03. The predicted octanol–water partition coefficient (Wildman–Crippen LogP) is 4.36. The van der Waals surface area contributed by atoms with Crippen LogP contribution in [0.1, 0.15) is 4.88 Å². The van der Waals surface area contributed by atoms with Crippen LogP contribution >= 0.6 is 38.9 Å². The lowest BCUT2D eigenvalue weighted by atomic mass is 10.3. The molecule has 0 unspecified atom stereocenters. The topological polar surface area (TPSA) is 38.0 Å². The molecule has 84 valence electrons. The first-order valence-corrected chi connectivity index (χ1v) is 6.72. The van der Waals surface area contributed by atoms with Crippen LogP contribution in [-0.4, -0.2) is 0 Å². The summed E-state index contributed by atoms with van der Waals surface area (Å²) in [5.41, 5.74) is 7.61. The number of thiophene rings is 1. The molecule has 0 saturated carbocycles. The zero-order valence-corrected chi connectivity index (χ0v) is 11.5. The molecule has 3 N–H and O–H groups in total. The molecule has 2 aromatic rings. The monoisotopic (exact) mass is 316 g/mol. The van der Waals surface area contributed by atoms with Gasteiger partial charge >= 0.3 is 0 Å². The minimum Gasteiger partial charge on any atom is -0.398 e. The van der Waals surface area contributed by atoms with Crippen molar-refractivity contribution in [2.75, 3.05) is 11.1 Å². The van der Waals surface area contributed by atoms with Crippen LogP contribution in [0.25, 0.3) is 0 Å². The Balaban J connectivity index is 2.10. The SMILES string of the molecule is Nc1ccsc1CNc1cc(Cl)ccc1Br. The van der Waals surface area contributed by atoms with Gasteiger partial charge in [0.1, 0.15) is 0 Å². The summed E-state index contributed by atoms with van der Waals surface area (Å²) in [7, 11) is 0. The van der Waals surface area contributed by atoms with Crippen molar-refractivity contribution in [1.82, 2.24) is 0 Å². The van der Waals surface area contributed by atoms with E-state index in [1.54, 1.807) is 11.3 Å². The third-order valence-corrected chi connectivity index (χ3v) is 4.01. The molecule has 0 spiro atoms. The third kappa shape index (κ3) is 2.70. The molecule has 0 aliphatic rings. The molecule has 0 aliphatic heterocycles. The number of hydrogen-bond acceptors (Lipinski definition) is 3. The zero-order valence-electron chi connectivity index (χ0n) is 8.34. The number of benzene rings is 1. The van der Waals surface area contributed by atoms with E-state index in [0.717, 1.165) is 20.7 Å². The van der Waals surface area contributed by atoms with Gasteiger partial charge in [-0.2, -0.15) is 0 Å². The molecule has 0 aliphatic carbocycles. The van der Waals surface area contributed by atoms with Gasteiger partial charge in [0.15, 0.2) is 0 Å². The van der Waals surface area contributed by atoms with Gasteiger partial charge < -0.3 is 11.1 Å². The van der Waals surface area contributed by atoms with Crippen molar-refractivity contribution in [3.05, 3.63) is 44.0 Å². The summed E-state index contributed by atoms with van der Waals surface area (Å²) < 4.78 is 0.993. The van der Waals surface area contributed by atoms with Crippen LogP contribution in [-0.2, 0) is 6.54 Å². The smallest absolute Gasteiger partial charge is 0.0515 e. The molecule has 16 heavy (non-hydrogen) atoms. The van der Waals surface area contributed by atoms with Crippen LogP contribution in [0.4, 0.5) is 11.4 Å². The second-order valence-corrected chi connectivity index (χ2v) is 5.57. The molecule has 1 aromatic heterocycles. The highest BCUT2D eigenvalue weighted by atomic mass is 79.9. The number of nitrogen functional groups attached to an aromatic ring is 1. The minimum atomic E-state index is 0.711. The van der Waals surface area contributed by atoms with E-state index in [1.165, 1.54) is 0 Å². The van der Waals surface area contributed by atoms with Crippen LogP contribution in [0.15, 0.2) is 34.1 Å². The lowest BCUT2D eigenvalue weighted by molar-refractivity contribution is 1.19. The van der Waals surface area contributed by atoms with Crippen LogP contribution < -0.4 is 11.1 Å². The molecule has 1 heterocycles. The molecule has 0 atom stereocenters. The van der Waals surface area contributed by atoms with Gasteiger partial charge in [0.05, 0.1) is 12.2 Å². The van der Waals surface area contributed by atoms with E-state index in [4.69, 9.17) is 17.3 Å². The molecule has 0 saturated heterocycles. The number of halogens is 2. The van der Waals surface area contributed by atoms with E-state index in [-0.39, 0.29) is 0 Å². The molecule has 0 amide bonds. The molecule has 0 radical (unpaired) electrons. The summed E-state index contributed by atoms with van der Waals surface area (Å²) in [4.78, 5) is 1.13. The van der Waals surface area contributed by atoms with Crippen LogP contribution in [0.3, 0.4) is 0 Å². The number of hydrogen-bond donors (Lipinski definition) is 2. The lowest BCUT2D eigenvalue weighted by Crippen LogP contribution is -2.00. The first kappa shape index (κ1) is 11.8. The number of rotatable bonds is 3. The third-order valence-electron chi connectivity index (χ3n) is 2.15. The highest BCUT2D eigenvalue weighted by Crippen LogP contribution is 2.27. The predicted molar refractivity (Wildman–Crippen MR) is 75.2 cm³/mol. The fourth-order valence-electron chi connectivity index (χ4n) is 1.30. The first-order valence-electron chi connectivity index (χ1n) is 4.67. The van der Waals surface area contributed by atoms with Gasteiger partial charge in [0, 0.05) is 20.1 Å². The molecule has 0 bridgehead atoms. The second-order valence-electron chi connectivity index (χ2n) is 3.28. The minimum absolute atomic E-state index is 0.711. The van der Waals surface area contributed by atoms with Gasteiger partial charge in [-0.15, -0.1) is 11.3 Å². The fourth-order valence-corrected chi connectivity index (χ4v) is 2.60. The van der Waals surface area contributed by atoms with Crippen molar-refractivity contribution in [2.45, 2.75) is 6.54 Å². The summed E-state index contributed by atoms with van der Waals surface area (Å²) in [6, 6.07) is 7.56. The molecule has 2 nitrogen and oxygen atoms in total. The Morgan fingerprint density at radius 2 is 2.19 bits per heavy atom. The Kier molecular flexibility index (Phi) is 3.74. The van der Waals surface area contributed by atoms with Crippen molar-refractivity contribution < 1.29 is 0 Å². The van der Waals surface area contributed by atoms with E-state index in [2.05, 4.69) is 21.2 Å². The molecular formula is C11H10BrClN2S. The van der Waals surface area contributed by atoms with Gasteiger partial charge in [-0.05, 0) is 45.6 Å². The Morgan fingerprint density at radius 1 is 1.38 bits per heavy atom. The van der Waals surface area contributed by atoms with Crippen molar-refractivity contribution in [2.24, 2.45) is 0 Å². The maximum Gasteiger partial charge on any atom is 0.0515 e. The number of nitrogens with two attached hydrogens (primary N) is 1. The van der Waals surface area contributed by atoms with Crippen LogP contribution in [0.5, 0.6) is 0 Å². The van der Waals surface area contributed by atoms with Crippen molar-refractivity contribution >= 4 is 50.2 Å². The summed E-state index contributed by atoms with van der Waals surface area (Å²) in [5, 5.41) is 5.99.